The van der Waals surface area contributed by atoms with Crippen LogP contribution in [0.15, 0.2) is 48.9 Å². The number of nitrogens with zero attached hydrogens (tertiary/aromatic N) is 4. The zero-order valence-corrected chi connectivity index (χ0v) is 16.9. The Kier molecular flexibility index (Phi) is 4.93. The number of aliphatic hydroxyl groups excluding tert-OH is 1. The third-order valence-corrected chi connectivity index (χ3v) is 5.01. The normalized spacial score (nSPS) is 12.1. The molecule has 0 saturated heterocycles. The highest BCUT2D eigenvalue weighted by Gasteiger charge is 2.20. The Morgan fingerprint density at radius 3 is 2.70 bits per heavy atom. The summed E-state index contributed by atoms with van der Waals surface area (Å²) in [6, 6.07) is 10.7. The van der Waals surface area contributed by atoms with Gasteiger partial charge in [0.25, 0.3) is 5.91 Å². The summed E-state index contributed by atoms with van der Waals surface area (Å²) in [5.74, 6) is -0.121. The van der Waals surface area contributed by atoms with Gasteiger partial charge in [0, 0.05) is 30.2 Å². The lowest BCUT2D eigenvalue weighted by Crippen LogP contribution is -2.21. The Morgan fingerprint density at radius 2 is 1.97 bits per heavy atom. The van der Waals surface area contributed by atoms with E-state index in [4.69, 9.17) is 5.73 Å². The van der Waals surface area contributed by atoms with Crippen LogP contribution >= 0.6 is 0 Å². The highest BCUT2D eigenvalue weighted by Crippen LogP contribution is 2.34. The first-order valence-electron chi connectivity index (χ1n) is 9.44. The molecule has 1 aromatic carbocycles. The van der Waals surface area contributed by atoms with Crippen molar-refractivity contribution in [2.45, 2.75) is 20.0 Å². The first-order chi connectivity index (χ1) is 14.3. The van der Waals surface area contributed by atoms with Crippen molar-refractivity contribution in [3.8, 4) is 11.1 Å². The second-order valence-electron chi connectivity index (χ2n) is 7.24. The second-order valence-corrected chi connectivity index (χ2v) is 7.24. The molecule has 4 rings (SSSR count). The number of pyridine rings is 1. The molecule has 0 saturated carbocycles. The number of nitrogens with two attached hydrogens (primary N) is 1. The van der Waals surface area contributed by atoms with Crippen molar-refractivity contribution in [1.82, 2.24) is 19.5 Å². The number of amides is 1. The predicted molar refractivity (Wildman–Crippen MR) is 116 cm³/mol. The Bertz CT molecular complexity index is 1260. The highest BCUT2D eigenvalue weighted by atomic mass is 16.3. The van der Waals surface area contributed by atoms with Crippen LogP contribution in [0.5, 0.6) is 0 Å². The van der Waals surface area contributed by atoms with Gasteiger partial charge in [-0.3, -0.25) is 9.78 Å². The number of carbonyl (C=O) groups is 1. The maximum atomic E-state index is 12.5. The van der Waals surface area contributed by atoms with Crippen molar-refractivity contribution in [2.75, 3.05) is 11.1 Å². The largest absolute Gasteiger partial charge is 0.383 e. The molecule has 4 aromatic rings. The minimum Gasteiger partial charge on any atom is -0.383 e. The molecule has 0 aliphatic rings. The van der Waals surface area contributed by atoms with Gasteiger partial charge in [-0.25, -0.2) is 9.97 Å². The van der Waals surface area contributed by atoms with Crippen molar-refractivity contribution in [3.63, 3.8) is 0 Å². The first kappa shape index (κ1) is 19.5. The lowest BCUT2D eigenvalue weighted by Gasteiger charge is -2.13. The van der Waals surface area contributed by atoms with Gasteiger partial charge < -0.3 is 20.7 Å². The van der Waals surface area contributed by atoms with Gasteiger partial charge in [0.15, 0.2) is 6.10 Å². The maximum Gasteiger partial charge on any atom is 0.259 e. The number of aryl methyl sites for hydroxylation is 3. The van der Waals surface area contributed by atoms with Crippen molar-refractivity contribution in [1.29, 1.82) is 0 Å². The van der Waals surface area contributed by atoms with Gasteiger partial charge in [-0.2, -0.15) is 0 Å². The molecule has 30 heavy (non-hydrogen) atoms. The number of hydrogen-bond donors (Lipinski definition) is 3. The minimum absolute atomic E-state index is 0.312. The van der Waals surface area contributed by atoms with E-state index in [0.29, 0.717) is 17.2 Å². The van der Waals surface area contributed by atoms with Crippen LogP contribution in [0.1, 0.15) is 23.1 Å². The molecule has 1 unspecified atom stereocenters. The van der Waals surface area contributed by atoms with E-state index in [1.165, 1.54) is 6.33 Å². The summed E-state index contributed by atoms with van der Waals surface area (Å²) >= 11 is 0. The van der Waals surface area contributed by atoms with Gasteiger partial charge >= 0.3 is 0 Å². The van der Waals surface area contributed by atoms with Gasteiger partial charge in [0.1, 0.15) is 17.8 Å². The van der Waals surface area contributed by atoms with Crippen molar-refractivity contribution >= 4 is 28.4 Å². The van der Waals surface area contributed by atoms with Crippen molar-refractivity contribution < 1.29 is 9.90 Å². The quantitative estimate of drug-likeness (QED) is 0.483. The highest BCUT2D eigenvalue weighted by molar-refractivity contribution is 6.01. The van der Waals surface area contributed by atoms with Crippen LogP contribution in [-0.4, -0.2) is 30.5 Å². The second kappa shape index (κ2) is 7.57. The summed E-state index contributed by atoms with van der Waals surface area (Å²) in [5.41, 5.74) is 11.3. The van der Waals surface area contributed by atoms with E-state index in [9.17, 15) is 9.90 Å². The number of aliphatic hydroxyl groups is 1. The van der Waals surface area contributed by atoms with E-state index in [0.717, 1.165) is 33.4 Å². The Morgan fingerprint density at radius 1 is 1.17 bits per heavy atom. The lowest BCUT2D eigenvalue weighted by molar-refractivity contribution is -0.124. The minimum atomic E-state index is -1.35. The number of benzene rings is 1. The predicted octanol–water partition coefficient (Wildman–Crippen LogP) is 2.90. The first-order valence-corrected chi connectivity index (χ1v) is 9.44. The van der Waals surface area contributed by atoms with Crippen LogP contribution in [0.3, 0.4) is 0 Å². The summed E-state index contributed by atoms with van der Waals surface area (Å²) in [4.78, 5) is 25.1. The van der Waals surface area contributed by atoms with E-state index in [1.807, 2.05) is 36.9 Å². The van der Waals surface area contributed by atoms with E-state index in [2.05, 4.69) is 20.3 Å². The third kappa shape index (κ3) is 3.48. The number of nitrogen functional groups attached to an aromatic ring is 1. The molecule has 8 heteroatoms. The summed E-state index contributed by atoms with van der Waals surface area (Å²) in [7, 11) is 1.91. The van der Waals surface area contributed by atoms with Crippen LogP contribution in [0.2, 0.25) is 0 Å². The number of carbonyl (C=O) groups excluding carboxylic acids is 1. The van der Waals surface area contributed by atoms with Gasteiger partial charge in [-0.05, 0) is 49.2 Å². The number of rotatable bonds is 4. The molecule has 1 amide bonds. The topological polar surface area (TPSA) is 119 Å². The van der Waals surface area contributed by atoms with Gasteiger partial charge in [-0.15, -0.1) is 0 Å². The Hall–Kier alpha value is -3.78. The van der Waals surface area contributed by atoms with Gasteiger partial charge in [0.2, 0.25) is 0 Å². The molecule has 0 aliphatic heterocycles. The van der Waals surface area contributed by atoms with E-state index in [1.54, 1.807) is 31.2 Å². The van der Waals surface area contributed by atoms with Gasteiger partial charge in [-0.1, -0.05) is 12.1 Å². The van der Waals surface area contributed by atoms with E-state index >= 15 is 0 Å². The van der Waals surface area contributed by atoms with Gasteiger partial charge in [0.05, 0.1) is 11.1 Å². The molecule has 3 heterocycles. The Labute approximate surface area is 173 Å². The standard InChI is InChI=1S/C22H22N6O2/c1-12-9-14(27-22(30)19(29)17-6-4-5-13(2)26-17)7-8-15(12)16-10-28(3)21-18(16)20(23)24-11-25-21/h4-11,19,29H,1-3H3,(H,27,30)(H2,23,24,25). The number of fused-ring (bicyclic) bond motifs is 1. The summed E-state index contributed by atoms with van der Waals surface area (Å²) in [6.07, 6.45) is 2.06. The van der Waals surface area contributed by atoms with Crippen molar-refractivity contribution in [2.24, 2.45) is 7.05 Å². The van der Waals surface area contributed by atoms with Crippen LogP contribution in [0.25, 0.3) is 22.2 Å². The maximum absolute atomic E-state index is 12.5. The smallest absolute Gasteiger partial charge is 0.259 e. The molecule has 0 spiro atoms. The number of anilines is 2. The van der Waals surface area contributed by atoms with Crippen LogP contribution in [-0.2, 0) is 11.8 Å². The molecular weight excluding hydrogens is 380 g/mol. The SMILES string of the molecule is Cc1cccc(C(O)C(=O)Nc2ccc(-c3cn(C)c4ncnc(N)c34)c(C)c2)n1. The summed E-state index contributed by atoms with van der Waals surface area (Å²) in [5, 5.41) is 13.9. The Balaban J connectivity index is 1.62. The number of nitrogens with one attached hydrogen (secondary N) is 1. The van der Waals surface area contributed by atoms with Crippen molar-refractivity contribution in [3.05, 3.63) is 65.9 Å². The zero-order chi connectivity index (χ0) is 21.4. The van der Waals surface area contributed by atoms with Crippen LogP contribution in [0.4, 0.5) is 11.5 Å². The fourth-order valence-electron chi connectivity index (χ4n) is 3.54. The zero-order valence-electron chi connectivity index (χ0n) is 16.9. The van der Waals surface area contributed by atoms with Crippen LogP contribution < -0.4 is 11.1 Å². The van der Waals surface area contributed by atoms with Crippen LogP contribution in [0, 0.1) is 13.8 Å². The van der Waals surface area contributed by atoms with E-state index in [-0.39, 0.29) is 0 Å². The van der Waals surface area contributed by atoms with E-state index < -0.39 is 12.0 Å². The molecule has 152 valence electrons. The fourth-order valence-corrected chi connectivity index (χ4v) is 3.54. The molecular formula is C22H22N6O2. The fraction of sp³-hybridized carbons (Fsp3) is 0.182. The molecule has 0 bridgehead atoms. The number of aromatic nitrogens is 4. The summed E-state index contributed by atoms with van der Waals surface area (Å²) in [6.45, 7) is 3.75. The molecule has 8 nitrogen and oxygen atoms in total. The third-order valence-electron chi connectivity index (χ3n) is 5.01. The molecule has 0 radical (unpaired) electrons. The molecule has 1 atom stereocenters. The lowest BCUT2D eigenvalue weighted by atomic mass is 10.00. The monoisotopic (exact) mass is 402 g/mol. The molecule has 3 aromatic heterocycles. The molecule has 4 N–H and O–H groups in total. The number of hydrogen-bond acceptors (Lipinski definition) is 6. The average Bonchev–Trinajstić information content (AvgIpc) is 3.05. The average molecular weight is 402 g/mol. The molecule has 0 aliphatic carbocycles. The molecule has 0 fully saturated rings. The summed E-state index contributed by atoms with van der Waals surface area (Å²) < 4.78 is 1.91.